The lowest BCUT2D eigenvalue weighted by Gasteiger charge is -2.27. The fourth-order valence-electron chi connectivity index (χ4n) is 2.60. The van der Waals surface area contributed by atoms with Crippen molar-refractivity contribution in [1.82, 2.24) is 4.90 Å². The number of ether oxygens (including phenoxy) is 1. The third kappa shape index (κ3) is 2.73. The minimum absolute atomic E-state index is 0.0714. The molecule has 2 aliphatic rings. The molecule has 3 nitrogen and oxygen atoms in total. The summed E-state index contributed by atoms with van der Waals surface area (Å²) in [5.74, 6) is 0.0760. The van der Waals surface area contributed by atoms with E-state index < -0.39 is 6.67 Å². The Balaban J connectivity index is 1.82. The van der Waals surface area contributed by atoms with E-state index in [1.807, 2.05) is 0 Å². The van der Waals surface area contributed by atoms with Gasteiger partial charge in [0, 0.05) is 13.2 Å². The molecule has 2 aliphatic heterocycles. The highest BCUT2D eigenvalue weighted by atomic mass is 19.1. The number of carbonyl (C=O) groups is 1. The number of likely N-dealkylation sites (tertiary alicyclic amines) is 1. The molecule has 4 heteroatoms. The molecule has 2 saturated heterocycles. The second-order valence-electron chi connectivity index (χ2n) is 4.73. The summed E-state index contributed by atoms with van der Waals surface area (Å²) in [6, 6.07) is -0.170. The lowest BCUT2D eigenvalue weighted by atomic mass is 10.1. The molecule has 0 radical (unpaired) electrons. The van der Waals surface area contributed by atoms with E-state index in [9.17, 15) is 9.18 Å². The van der Waals surface area contributed by atoms with Crippen molar-refractivity contribution in [1.29, 1.82) is 0 Å². The molecule has 0 aromatic rings. The molecular formula is C12H20FNO2. The van der Waals surface area contributed by atoms with Crippen molar-refractivity contribution in [3.63, 3.8) is 0 Å². The second-order valence-corrected chi connectivity index (χ2v) is 4.73. The largest absolute Gasteiger partial charge is 0.378 e. The predicted molar refractivity (Wildman–Crippen MR) is 58.9 cm³/mol. The standard InChI is InChI=1S/C12H20FNO2/c13-9-10-4-3-6-14(10)12(15)8-11-5-1-2-7-16-11/h10-11H,1-9H2/t10-,11-/m1/s1. The van der Waals surface area contributed by atoms with Gasteiger partial charge in [0.05, 0.1) is 18.6 Å². The van der Waals surface area contributed by atoms with E-state index in [2.05, 4.69) is 0 Å². The van der Waals surface area contributed by atoms with Crippen molar-refractivity contribution in [3.05, 3.63) is 0 Å². The van der Waals surface area contributed by atoms with Crippen molar-refractivity contribution in [2.24, 2.45) is 0 Å². The topological polar surface area (TPSA) is 29.5 Å². The van der Waals surface area contributed by atoms with Crippen LogP contribution in [0.25, 0.3) is 0 Å². The van der Waals surface area contributed by atoms with Crippen molar-refractivity contribution in [2.75, 3.05) is 19.8 Å². The Morgan fingerprint density at radius 2 is 2.19 bits per heavy atom. The summed E-state index contributed by atoms with van der Waals surface area (Å²) in [5.41, 5.74) is 0. The zero-order valence-electron chi connectivity index (χ0n) is 9.66. The number of hydrogen-bond acceptors (Lipinski definition) is 2. The molecule has 0 aromatic carbocycles. The van der Waals surface area contributed by atoms with E-state index in [1.54, 1.807) is 4.90 Å². The number of hydrogen-bond donors (Lipinski definition) is 0. The maximum atomic E-state index is 12.7. The van der Waals surface area contributed by atoms with Crippen LogP contribution in [0.3, 0.4) is 0 Å². The number of amides is 1. The predicted octanol–water partition coefficient (Wildman–Crippen LogP) is 1.91. The number of nitrogens with zero attached hydrogens (tertiary/aromatic N) is 1. The molecule has 0 spiro atoms. The first-order valence-electron chi connectivity index (χ1n) is 6.28. The zero-order valence-corrected chi connectivity index (χ0v) is 9.66. The lowest BCUT2D eigenvalue weighted by Crippen LogP contribution is -2.39. The van der Waals surface area contributed by atoms with Gasteiger partial charge in [-0.2, -0.15) is 0 Å². The average Bonchev–Trinajstić information content (AvgIpc) is 2.78. The van der Waals surface area contributed by atoms with Crippen LogP contribution in [0.1, 0.15) is 38.5 Å². The van der Waals surface area contributed by atoms with E-state index in [0.29, 0.717) is 6.42 Å². The Hall–Kier alpha value is -0.640. The normalized spacial score (nSPS) is 30.7. The van der Waals surface area contributed by atoms with E-state index in [0.717, 1.165) is 45.3 Å². The van der Waals surface area contributed by atoms with Gasteiger partial charge in [-0.1, -0.05) is 0 Å². The van der Waals surface area contributed by atoms with Crippen molar-refractivity contribution < 1.29 is 13.9 Å². The van der Waals surface area contributed by atoms with Crippen LogP contribution >= 0.6 is 0 Å². The molecule has 0 unspecified atom stereocenters. The van der Waals surface area contributed by atoms with E-state index in [4.69, 9.17) is 4.74 Å². The van der Waals surface area contributed by atoms with E-state index >= 15 is 0 Å². The number of alkyl halides is 1. The minimum Gasteiger partial charge on any atom is -0.378 e. The fourth-order valence-corrected chi connectivity index (χ4v) is 2.60. The molecule has 92 valence electrons. The number of rotatable bonds is 3. The molecule has 2 heterocycles. The number of halogens is 1. The van der Waals surface area contributed by atoms with Crippen LogP contribution in [-0.4, -0.2) is 42.8 Å². The Labute approximate surface area is 95.9 Å². The van der Waals surface area contributed by atoms with Gasteiger partial charge < -0.3 is 9.64 Å². The van der Waals surface area contributed by atoms with Crippen LogP contribution in [0.2, 0.25) is 0 Å². The third-order valence-electron chi connectivity index (χ3n) is 3.55. The molecule has 16 heavy (non-hydrogen) atoms. The molecule has 2 fully saturated rings. The highest BCUT2D eigenvalue weighted by Crippen LogP contribution is 2.22. The summed E-state index contributed by atoms with van der Waals surface area (Å²) >= 11 is 0. The maximum absolute atomic E-state index is 12.7. The van der Waals surface area contributed by atoms with Crippen LogP contribution in [0.5, 0.6) is 0 Å². The fraction of sp³-hybridized carbons (Fsp3) is 0.917. The average molecular weight is 229 g/mol. The van der Waals surface area contributed by atoms with Gasteiger partial charge >= 0.3 is 0 Å². The van der Waals surface area contributed by atoms with Crippen LogP contribution in [0, 0.1) is 0 Å². The highest BCUT2D eigenvalue weighted by Gasteiger charge is 2.30. The Morgan fingerprint density at radius 3 is 2.88 bits per heavy atom. The van der Waals surface area contributed by atoms with Gasteiger partial charge in [0.15, 0.2) is 0 Å². The quantitative estimate of drug-likeness (QED) is 0.739. The zero-order chi connectivity index (χ0) is 11.4. The first-order chi connectivity index (χ1) is 7.81. The number of carbonyl (C=O) groups excluding carboxylic acids is 1. The van der Waals surface area contributed by atoms with Crippen molar-refractivity contribution in [3.8, 4) is 0 Å². The van der Waals surface area contributed by atoms with Crippen molar-refractivity contribution in [2.45, 2.75) is 50.7 Å². The molecule has 0 bridgehead atoms. The van der Waals surface area contributed by atoms with Gasteiger partial charge in [0.1, 0.15) is 6.67 Å². The highest BCUT2D eigenvalue weighted by molar-refractivity contribution is 5.77. The van der Waals surface area contributed by atoms with E-state index in [-0.39, 0.29) is 18.1 Å². The van der Waals surface area contributed by atoms with Gasteiger partial charge in [-0.3, -0.25) is 4.79 Å². The van der Waals surface area contributed by atoms with Gasteiger partial charge in [-0.25, -0.2) is 4.39 Å². The summed E-state index contributed by atoms with van der Waals surface area (Å²) in [4.78, 5) is 13.7. The molecule has 0 aliphatic carbocycles. The van der Waals surface area contributed by atoms with Crippen LogP contribution in [0.4, 0.5) is 4.39 Å². The summed E-state index contributed by atoms with van der Waals surface area (Å²) in [6.45, 7) is 1.09. The van der Waals surface area contributed by atoms with Gasteiger partial charge in [0.2, 0.25) is 5.91 Å². The summed E-state index contributed by atoms with van der Waals surface area (Å²) in [7, 11) is 0. The van der Waals surface area contributed by atoms with Gasteiger partial charge in [-0.05, 0) is 32.1 Å². The van der Waals surface area contributed by atoms with Crippen LogP contribution in [-0.2, 0) is 9.53 Å². The van der Waals surface area contributed by atoms with Gasteiger partial charge in [-0.15, -0.1) is 0 Å². The molecule has 0 N–H and O–H groups in total. The van der Waals surface area contributed by atoms with Crippen LogP contribution in [0.15, 0.2) is 0 Å². The van der Waals surface area contributed by atoms with Gasteiger partial charge in [0.25, 0.3) is 0 Å². The lowest BCUT2D eigenvalue weighted by molar-refractivity contribution is -0.136. The summed E-state index contributed by atoms with van der Waals surface area (Å²) < 4.78 is 18.2. The maximum Gasteiger partial charge on any atom is 0.225 e. The Kier molecular flexibility index (Phi) is 4.16. The third-order valence-corrected chi connectivity index (χ3v) is 3.55. The molecule has 1 amide bonds. The Morgan fingerprint density at radius 1 is 1.31 bits per heavy atom. The first kappa shape index (κ1) is 11.8. The van der Waals surface area contributed by atoms with Crippen LogP contribution < -0.4 is 0 Å². The minimum atomic E-state index is -0.405. The molecule has 0 saturated carbocycles. The molecule has 2 rings (SSSR count). The smallest absolute Gasteiger partial charge is 0.225 e. The molecule has 2 atom stereocenters. The first-order valence-corrected chi connectivity index (χ1v) is 6.28. The van der Waals surface area contributed by atoms with E-state index in [1.165, 1.54) is 0 Å². The Bertz CT molecular complexity index is 241. The summed E-state index contributed by atoms with van der Waals surface area (Å²) in [6.07, 6.45) is 5.48. The molecule has 0 aromatic heterocycles. The summed E-state index contributed by atoms with van der Waals surface area (Å²) in [5, 5.41) is 0. The second kappa shape index (κ2) is 5.62. The van der Waals surface area contributed by atoms with Crippen molar-refractivity contribution >= 4 is 5.91 Å². The molecular weight excluding hydrogens is 209 g/mol. The monoisotopic (exact) mass is 229 g/mol. The SMILES string of the molecule is O=C(C[C@H]1CCCCO1)N1CCC[C@@H]1CF.